The Hall–Kier alpha value is -1.13. The lowest BCUT2D eigenvalue weighted by Gasteiger charge is -2.21. The van der Waals surface area contributed by atoms with Gasteiger partial charge in [-0.05, 0) is 18.6 Å². The minimum Gasteiger partial charge on any atom is -0.386 e. The third kappa shape index (κ3) is 2.46. The summed E-state index contributed by atoms with van der Waals surface area (Å²) < 4.78 is 5.18. The Kier molecular flexibility index (Phi) is 2.88. The molecule has 0 spiro atoms. The van der Waals surface area contributed by atoms with Crippen LogP contribution in [0, 0.1) is 6.92 Å². The van der Waals surface area contributed by atoms with Crippen LogP contribution in [0.25, 0.3) is 0 Å². The number of anilines is 1. The summed E-state index contributed by atoms with van der Waals surface area (Å²) in [6.07, 6.45) is 4.24. The predicted octanol–water partition coefficient (Wildman–Crippen LogP) is 0.953. The monoisotopic (exact) mass is 208 g/mol. The Morgan fingerprint density at radius 1 is 1.67 bits per heavy atom. The molecule has 0 saturated carbocycles. The van der Waals surface area contributed by atoms with Crippen LogP contribution >= 0.6 is 0 Å². The van der Waals surface area contributed by atoms with Gasteiger partial charge in [0.25, 0.3) is 0 Å². The van der Waals surface area contributed by atoms with Crippen LogP contribution in [-0.2, 0) is 4.74 Å². The Balaban J connectivity index is 1.95. The quantitative estimate of drug-likeness (QED) is 0.776. The van der Waals surface area contributed by atoms with Gasteiger partial charge in [0.05, 0.1) is 6.61 Å². The van der Waals surface area contributed by atoms with E-state index < -0.39 is 5.60 Å². The summed E-state index contributed by atoms with van der Waals surface area (Å²) in [5.41, 5.74) is 1.39. The van der Waals surface area contributed by atoms with E-state index in [1.165, 1.54) is 0 Å². The lowest BCUT2D eigenvalue weighted by molar-refractivity contribution is 0.0382. The topological polar surface area (TPSA) is 54.4 Å². The molecule has 1 aromatic rings. The van der Waals surface area contributed by atoms with Crippen LogP contribution in [0.15, 0.2) is 18.5 Å². The van der Waals surface area contributed by atoms with Crippen LogP contribution in [0.2, 0.25) is 0 Å². The number of nitrogens with one attached hydrogen (secondary N) is 1. The molecule has 1 saturated heterocycles. The van der Waals surface area contributed by atoms with Crippen LogP contribution in [0.3, 0.4) is 0 Å². The van der Waals surface area contributed by atoms with Gasteiger partial charge in [-0.3, -0.25) is 4.98 Å². The van der Waals surface area contributed by atoms with Crippen LogP contribution in [0.4, 0.5) is 5.69 Å². The van der Waals surface area contributed by atoms with Gasteiger partial charge < -0.3 is 15.2 Å². The van der Waals surface area contributed by atoms with Crippen LogP contribution in [0.5, 0.6) is 0 Å². The second-order valence-electron chi connectivity index (χ2n) is 4.07. The van der Waals surface area contributed by atoms with Crippen molar-refractivity contribution in [3.8, 4) is 0 Å². The molecule has 2 rings (SSSR count). The normalized spacial score (nSPS) is 25.5. The Labute approximate surface area is 89.3 Å². The summed E-state index contributed by atoms with van der Waals surface area (Å²) in [5.74, 6) is 0. The zero-order valence-electron chi connectivity index (χ0n) is 8.86. The van der Waals surface area contributed by atoms with Gasteiger partial charge in [-0.15, -0.1) is 0 Å². The summed E-state index contributed by atoms with van der Waals surface area (Å²) in [5, 5.41) is 13.3. The van der Waals surface area contributed by atoms with Crippen molar-refractivity contribution in [1.29, 1.82) is 0 Å². The van der Waals surface area contributed by atoms with E-state index in [4.69, 9.17) is 4.74 Å². The molecule has 0 amide bonds. The summed E-state index contributed by atoms with van der Waals surface area (Å²) in [4.78, 5) is 4.01. The number of aromatic nitrogens is 1. The zero-order valence-corrected chi connectivity index (χ0v) is 8.86. The van der Waals surface area contributed by atoms with Gasteiger partial charge in [-0.25, -0.2) is 0 Å². The minimum absolute atomic E-state index is 0.421. The maximum atomic E-state index is 10.0. The minimum atomic E-state index is -0.713. The first kappa shape index (κ1) is 10.4. The van der Waals surface area contributed by atoms with Gasteiger partial charge in [-0.1, -0.05) is 0 Å². The summed E-state index contributed by atoms with van der Waals surface area (Å²) >= 11 is 0. The zero-order chi connectivity index (χ0) is 10.7. The van der Waals surface area contributed by atoms with Crippen molar-refractivity contribution in [2.24, 2.45) is 0 Å². The molecule has 4 nitrogen and oxygen atoms in total. The molecule has 2 N–H and O–H groups in total. The number of hydrogen-bond acceptors (Lipinski definition) is 4. The Morgan fingerprint density at radius 2 is 2.53 bits per heavy atom. The molecule has 1 aliphatic rings. The standard InChI is InChI=1S/C11H16N2O2/c1-9-6-12-4-2-10(9)13-7-11(14)3-5-15-8-11/h2,4,6,14H,3,5,7-8H2,1H3,(H,12,13). The third-order valence-corrected chi connectivity index (χ3v) is 2.71. The summed E-state index contributed by atoms with van der Waals surface area (Å²) in [7, 11) is 0. The molecule has 82 valence electrons. The van der Waals surface area contributed by atoms with Crippen LogP contribution in [0.1, 0.15) is 12.0 Å². The lowest BCUT2D eigenvalue weighted by Crippen LogP contribution is -2.37. The van der Waals surface area contributed by atoms with Crippen molar-refractivity contribution in [2.75, 3.05) is 25.1 Å². The van der Waals surface area contributed by atoms with Crippen molar-refractivity contribution in [1.82, 2.24) is 4.98 Å². The number of aryl methyl sites for hydroxylation is 1. The van der Waals surface area contributed by atoms with E-state index in [1.54, 1.807) is 12.4 Å². The van der Waals surface area contributed by atoms with Gasteiger partial charge in [0.2, 0.25) is 0 Å². The number of ether oxygens (including phenoxy) is 1. The first-order chi connectivity index (χ1) is 7.20. The van der Waals surface area contributed by atoms with Gasteiger partial charge in [0.15, 0.2) is 0 Å². The number of nitrogens with zero attached hydrogens (tertiary/aromatic N) is 1. The molecule has 1 fully saturated rings. The Bertz CT molecular complexity index is 335. The maximum absolute atomic E-state index is 10.0. The third-order valence-electron chi connectivity index (χ3n) is 2.71. The maximum Gasteiger partial charge on any atom is 0.107 e. The molecular formula is C11H16N2O2. The van der Waals surface area contributed by atoms with E-state index in [0.717, 1.165) is 11.3 Å². The first-order valence-electron chi connectivity index (χ1n) is 5.14. The molecule has 1 atom stereocenters. The SMILES string of the molecule is Cc1cnccc1NCC1(O)CCOC1. The molecule has 4 heteroatoms. The number of rotatable bonds is 3. The molecule has 0 aromatic carbocycles. The fraction of sp³-hybridized carbons (Fsp3) is 0.545. The molecule has 0 bridgehead atoms. The van der Waals surface area contributed by atoms with Crippen molar-refractivity contribution in [2.45, 2.75) is 18.9 Å². The average molecular weight is 208 g/mol. The number of pyridine rings is 1. The highest BCUT2D eigenvalue weighted by Gasteiger charge is 2.31. The number of aliphatic hydroxyl groups is 1. The highest BCUT2D eigenvalue weighted by Crippen LogP contribution is 2.20. The van der Waals surface area contributed by atoms with Gasteiger partial charge in [-0.2, -0.15) is 0 Å². The van der Waals surface area contributed by atoms with E-state index in [0.29, 0.717) is 26.2 Å². The second kappa shape index (κ2) is 4.16. The summed E-state index contributed by atoms with van der Waals surface area (Å²) in [6, 6.07) is 1.91. The molecule has 15 heavy (non-hydrogen) atoms. The van der Waals surface area contributed by atoms with Crippen molar-refractivity contribution in [3.63, 3.8) is 0 Å². The van der Waals surface area contributed by atoms with E-state index >= 15 is 0 Å². The molecule has 0 aliphatic carbocycles. The van der Waals surface area contributed by atoms with E-state index in [2.05, 4.69) is 10.3 Å². The van der Waals surface area contributed by atoms with Crippen molar-refractivity contribution < 1.29 is 9.84 Å². The van der Waals surface area contributed by atoms with Gasteiger partial charge in [0.1, 0.15) is 5.60 Å². The van der Waals surface area contributed by atoms with Gasteiger partial charge in [0, 0.05) is 37.7 Å². The van der Waals surface area contributed by atoms with E-state index in [1.807, 2.05) is 13.0 Å². The molecule has 1 aromatic heterocycles. The predicted molar refractivity (Wildman–Crippen MR) is 57.8 cm³/mol. The second-order valence-corrected chi connectivity index (χ2v) is 4.07. The molecule has 2 heterocycles. The van der Waals surface area contributed by atoms with E-state index in [9.17, 15) is 5.11 Å². The van der Waals surface area contributed by atoms with E-state index in [-0.39, 0.29) is 0 Å². The van der Waals surface area contributed by atoms with Crippen molar-refractivity contribution in [3.05, 3.63) is 24.0 Å². The lowest BCUT2D eigenvalue weighted by atomic mass is 10.0. The fourth-order valence-corrected chi connectivity index (χ4v) is 1.67. The largest absolute Gasteiger partial charge is 0.386 e. The highest BCUT2D eigenvalue weighted by molar-refractivity contribution is 5.48. The van der Waals surface area contributed by atoms with Crippen molar-refractivity contribution >= 4 is 5.69 Å². The smallest absolute Gasteiger partial charge is 0.107 e. The van der Waals surface area contributed by atoms with Gasteiger partial charge >= 0.3 is 0 Å². The molecular weight excluding hydrogens is 192 g/mol. The molecule has 1 unspecified atom stereocenters. The first-order valence-corrected chi connectivity index (χ1v) is 5.14. The summed E-state index contributed by atoms with van der Waals surface area (Å²) in [6.45, 7) is 3.58. The Morgan fingerprint density at radius 3 is 3.20 bits per heavy atom. The van der Waals surface area contributed by atoms with Crippen LogP contribution in [-0.4, -0.2) is 35.5 Å². The van der Waals surface area contributed by atoms with Crippen LogP contribution < -0.4 is 5.32 Å². The molecule has 1 aliphatic heterocycles. The highest BCUT2D eigenvalue weighted by atomic mass is 16.5. The fourth-order valence-electron chi connectivity index (χ4n) is 1.67. The molecule has 0 radical (unpaired) electrons. The number of hydrogen-bond donors (Lipinski definition) is 2. The average Bonchev–Trinajstić information content (AvgIpc) is 2.65.